The quantitative estimate of drug-likeness (QED) is 0.908. The van der Waals surface area contributed by atoms with Crippen LogP contribution in [0.3, 0.4) is 0 Å². The van der Waals surface area contributed by atoms with Gasteiger partial charge in [0.05, 0.1) is 5.60 Å². The minimum atomic E-state index is -0.632. The van der Waals surface area contributed by atoms with E-state index in [0.717, 1.165) is 37.7 Å². The largest absolute Gasteiger partial charge is 0.390 e. The van der Waals surface area contributed by atoms with Gasteiger partial charge >= 0.3 is 0 Å². The summed E-state index contributed by atoms with van der Waals surface area (Å²) < 4.78 is 0. The van der Waals surface area contributed by atoms with Crippen LogP contribution in [0.1, 0.15) is 43.6 Å². The molecule has 2 aromatic heterocycles. The van der Waals surface area contributed by atoms with Crippen LogP contribution in [0.4, 0.5) is 0 Å². The van der Waals surface area contributed by atoms with Crippen molar-refractivity contribution in [2.75, 3.05) is 13.1 Å². The molecule has 22 heavy (non-hydrogen) atoms. The maximum absolute atomic E-state index is 12.6. The Morgan fingerprint density at radius 3 is 2.82 bits per heavy atom. The number of hydrogen-bond acceptors (Lipinski definition) is 4. The molecule has 6 heteroatoms. The van der Waals surface area contributed by atoms with Gasteiger partial charge < -0.3 is 15.0 Å². The summed E-state index contributed by atoms with van der Waals surface area (Å²) in [5.74, 6) is 0.498. The summed E-state index contributed by atoms with van der Waals surface area (Å²) in [6, 6.07) is 1.81. The number of H-pyrrole nitrogens is 1. The normalized spacial score (nSPS) is 17.1. The zero-order valence-corrected chi connectivity index (χ0v) is 13.0. The van der Waals surface area contributed by atoms with Crippen molar-refractivity contribution < 1.29 is 9.90 Å². The molecule has 0 atom stereocenters. The molecule has 0 aliphatic carbocycles. The number of aromatic nitrogens is 3. The Kier molecular flexibility index (Phi) is 3.87. The molecule has 0 bridgehead atoms. The molecule has 0 aromatic carbocycles. The fraction of sp³-hybridized carbons (Fsp3) is 0.562. The summed E-state index contributed by atoms with van der Waals surface area (Å²) in [6.45, 7) is 5.16. The van der Waals surface area contributed by atoms with Crippen molar-refractivity contribution in [1.29, 1.82) is 0 Å². The Labute approximate surface area is 129 Å². The number of amides is 1. The Morgan fingerprint density at radius 1 is 1.45 bits per heavy atom. The molecule has 2 N–H and O–H groups in total. The maximum Gasteiger partial charge on any atom is 0.270 e. The van der Waals surface area contributed by atoms with E-state index in [1.807, 2.05) is 18.7 Å². The van der Waals surface area contributed by atoms with Crippen molar-refractivity contribution in [3.63, 3.8) is 0 Å². The molecule has 1 fully saturated rings. The van der Waals surface area contributed by atoms with E-state index < -0.39 is 5.60 Å². The van der Waals surface area contributed by atoms with E-state index in [1.165, 1.54) is 6.33 Å². The SMILES string of the molecule is CC(C)(O)CC1CCN(C(=O)c2cc3cncnc3[nH]2)CC1. The highest BCUT2D eigenvalue weighted by Crippen LogP contribution is 2.27. The molecule has 1 aliphatic rings. The fourth-order valence-electron chi connectivity index (χ4n) is 3.20. The van der Waals surface area contributed by atoms with Gasteiger partial charge in [-0.25, -0.2) is 9.97 Å². The van der Waals surface area contributed by atoms with E-state index in [9.17, 15) is 9.90 Å². The lowest BCUT2D eigenvalue weighted by Gasteiger charge is -2.34. The van der Waals surface area contributed by atoms with Crippen LogP contribution in [-0.2, 0) is 0 Å². The summed E-state index contributed by atoms with van der Waals surface area (Å²) >= 11 is 0. The lowest BCUT2D eigenvalue weighted by molar-refractivity contribution is 0.0357. The van der Waals surface area contributed by atoms with Gasteiger partial charge in [-0.15, -0.1) is 0 Å². The molecule has 0 saturated carbocycles. The Balaban J connectivity index is 1.64. The number of nitrogens with zero attached hydrogens (tertiary/aromatic N) is 3. The molecule has 0 unspecified atom stereocenters. The monoisotopic (exact) mass is 302 g/mol. The van der Waals surface area contributed by atoms with Gasteiger partial charge in [0.1, 0.15) is 17.7 Å². The zero-order valence-electron chi connectivity index (χ0n) is 13.0. The third-order valence-corrected chi connectivity index (χ3v) is 4.21. The predicted molar refractivity (Wildman–Crippen MR) is 83.4 cm³/mol. The van der Waals surface area contributed by atoms with Gasteiger partial charge in [-0.2, -0.15) is 0 Å². The average molecular weight is 302 g/mol. The van der Waals surface area contributed by atoms with E-state index in [4.69, 9.17) is 0 Å². The van der Waals surface area contributed by atoms with E-state index in [-0.39, 0.29) is 5.91 Å². The van der Waals surface area contributed by atoms with Crippen LogP contribution >= 0.6 is 0 Å². The number of hydrogen-bond donors (Lipinski definition) is 2. The smallest absolute Gasteiger partial charge is 0.270 e. The minimum absolute atomic E-state index is 0.0136. The molecule has 0 radical (unpaired) electrons. The number of piperidine rings is 1. The lowest BCUT2D eigenvalue weighted by Crippen LogP contribution is -2.40. The molecule has 118 valence electrons. The van der Waals surface area contributed by atoms with Crippen LogP contribution in [0.25, 0.3) is 11.0 Å². The summed E-state index contributed by atoms with van der Waals surface area (Å²) in [7, 11) is 0. The summed E-state index contributed by atoms with van der Waals surface area (Å²) in [4.78, 5) is 25.6. The minimum Gasteiger partial charge on any atom is -0.390 e. The van der Waals surface area contributed by atoms with Crippen molar-refractivity contribution in [1.82, 2.24) is 19.9 Å². The van der Waals surface area contributed by atoms with Gasteiger partial charge in [0, 0.05) is 24.7 Å². The second-order valence-electron chi connectivity index (χ2n) is 6.76. The number of aromatic amines is 1. The van der Waals surface area contributed by atoms with Crippen molar-refractivity contribution in [2.45, 2.75) is 38.7 Å². The summed E-state index contributed by atoms with van der Waals surface area (Å²) in [6.07, 6.45) is 5.84. The van der Waals surface area contributed by atoms with Crippen LogP contribution in [0.2, 0.25) is 0 Å². The van der Waals surface area contributed by atoms with Crippen LogP contribution in [0, 0.1) is 5.92 Å². The van der Waals surface area contributed by atoms with Crippen LogP contribution in [-0.4, -0.2) is 49.6 Å². The molecule has 1 amide bonds. The van der Waals surface area contributed by atoms with E-state index >= 15 is 0 Å². The van der Waals surface area contributed by atoms with Crippen molar-refractivity contribution in [2.24, 2.45) is 5.92 Å². The van der Waals surface area contributed by atoms with Gasteiger partial charge in [-0.3, -0.25) is 4.79 Å². The molecule has 3 rings (SSSR count). The predicted octanol–water partition coefficient (Wildman–Crippen LogP) is 1.97. The first-order valence-corrected chi connectivity index (χ1v) is 7.73. The van der Waals surface area contributed by atoms with E-state index in [1.54, 1.807) is 12.3 Å². The topological polar surface area (TPSA) is 82.1 Å². The molecule has 6 nitrogen and oxygen atoms in total. The Morgan fingerprint density at radius 2 is 2.18 bits per heavy atom. The third kappa shape index (κ3) is 3.27. The highest BCUT2D eigenvalue weighted by Gasteiger charge is 2.28. The van der Waals surface area contributed by atoms with Gasteiger partial charge in [0.2, 0.25) is 0 Å². The van der Waals surface area contributed by atoms with Crippen molar-refractivity contribution in [3.8, 4) is 0 Å². The summed E-state index contributed by atoms with van der Waals surface area (Å²) in [5.41, 5.74) is 0.624. The number of likely N-dealkylation sites (tertiary alicyclic amines) is 1. The second-order valence-corrected chi connectivity index (χ2v) is 6.76. The maximum atomic E-state index is 12.6. The van der Waals surface area contributed by atoms with Crippen LogP contribution in [0.5, 0.6) is 0 Å². The van der Waals surface area contributed by atoms with E-state index in [0.29, 0.717) is 17.3 Å². The first kappa shape index (κ1) is 15.0. The van der Waals surface area contributed by atoms with Gasteiger partial charge in [-0.1, -0.05) is 0 Å². The molecule has 3 heterocycles. The van der Waals surface area contributed by atoms with Gasteiger partial charge in [-0.05, 0) is 45.1 Å². The number of carbonyl (C=O) groups is 1. The highest BCUT2D eigenvalue weighted by molar-refractivity contribution is 5.97. The number of fused-ring (bicyclic) bond motifs is 1. The van der Waals surface area contributed by atoms with E-state index in [2.05, 4.69) is 15.0 Å². The molecule has 2 aromatic rings. The molecular weight excluding hydrogens is 280 g/mol. The Bertz CT molecular complexity index is 633. The molecular formula is C16H22N4O2. The first-order chi connectivity index (χ1) is 10.4. The molecule has 1 saturated heterocycles. The molecule has 1 aliphatic heterocycles. The first-order valence-electron chi connectivity index (χ1n) is 7.73. The number of aliphatic hydroxyl groups is 1. The second kappa shape index (κ2) is 5.68. The summed E-state index contributed by atoms with van der Waals surface area (Å²) in [5, 5.41) is 10.8. The Hall–Kier alpha value is -1.95. The van der Waals surface area contributed by atoms with Crippen LogP contribution < -0.4 is 0 Å². The zero-order chi connectivity index (χ0) is 15.7. The number of carbonyl (C=O) groups excluding carboxylic acids is 1. The third-order valence-electron chi connectivity index (χ3n) is 4.21. The number of nitrogens with one attached hydrogen (secondary N) is 1. The average Bonchev–Trinajstić information content (AvgIpc) is 2.89. The van der Waals surface area contributed by atoms with Crippen LogP contribution in [0.15, 0.2) is 18.6 Å². The van der Waals surface area contributed by atoms with Crippen molar-refractivity contribution >= 4 is 16.9 Å². The number of rotatable bonds is 3. The van der Waals surface area contributed by atoms with Gasteiger partial charge in [0.15, 0.2) is 0 Å². The highest BCUT2D eigenvalue weighted by atomic mass is 16.3. The van der Waals surface area contributed by atoms with Crippen molar-refractivity contribution in [3.05, 3.63) is 24.3 Å². The fourth-order valence-corrected chi connectivity index (χ4v) is 3.20. The standard InChI is InChI=1S/C16H22N4O2/c1-16(2,22)8-11-3-5-20(6-4-11)15(21)13-7-12-9-17-10-18-14(12)19-13/h7,9-11,22H,3-6,8H2,1-2H3,(H,17,18,19). The lowest BCUT2D eigenvalue weighted by atomic mass is 9.86. The molecule has 0 spiro atoms. The van der Waals surface area contributed by atoms with Gasteiger partial charge in [0.25, 0.3) is 5.91 Å².